The molecule has 1 amide bonds. The van der Waals surface area contributed by atoms with Gasteiger partial charge in [-0.25, -0.2) is 0 Å². The first kappa shape index (κ1) is 31.7. The first-order valence-corrected chi connectivity index (χ1v) is 16.1. The highest BCUT2D eigenvalue weighted by Crippen LogP contribution is 2.35. The van der Waals surface area contributed by atoms with E-state index in [-0.39, 0.29) is 22.8 Å². The van der Waals surface area contributed by atoms with Gasteiger partial charge in [0.1, 0.15) is 5.69 Å². The number of hydrogen-bond donors (Lipinski definition) is 1. The molecule has 1 fully saturated rings. The molecule has 230 valence electrons. The second-order valence-corrected chi connectivity index (χ2v) is 14.8. The SMILES string of the molecule is CN(C)C1CCCCC1NC(=O)c1ccc(-c2cc(-c3ccc(C(C)(C)C)cc3)cc(-c3ccc(C(C)(C)C)cc3)c2)cn1. The molecule has 4 aromatic rings. The van der Waals surface area contributed by atoms with Gasteiger partial charge in [-0.05, 0) is 101 Å². The molecule has 4 nitrogen and oxygen atoms in total. The van der Waals surface area contributed by atoms with Gasteiger partial charge in [0.05, 0.1) is 0 Å². The van der Waals surface area contributed by atoms with Crippen molar-refractivity contribution in [2.45, 2.75) is 90.1 Å². The van der Waals surface area contributed by atoms with E-state index >= 15 is 0 Å². The van der Waals surface area contributed by atoms with Crippen LogP contribution in [-0.2, 0) is 10.8 Å². The number of benzene rings is 3. The molecule has 1 N–H and O–H groups in total. The molecule has 3 aromatic carbocycles. The van der Waals surface area contributed by atoms with Gasteiger partial charge in [0.2, 0.25) is 0 Å². The van der Waals surface area contributed by atoms with E-state index < -0.39 is 0 Å². The Kier molecular flexibility index (Phi) is 9.13. The summed E-state index contributed by atoms with van der Waals surface area (Å²) in [5, 5.41) is 3.27. The Morgan fingerprint density at radius 3 is 1.55 bits per heavy atom. The maximum absolute atomic E-state index is 13.2. The van der Waals surface area contributed by atoms with Crippen LogP contribution in [0.2, 0.25) is 0 Å². The number of carbonyl (C=O) groups excluding carboxylic acids is 1. The minimum atomic E-state index is -0.0948. The van der Waals surface area contributed by atoms with E-state index in [4.69, 9.17) is 0 Å². The number of hydrogen-bond acceptors (Lipinski definition) is 3. The first-order valence-electron chi connectivity index (χ1n) is 16.1. The van der Waals surface area contributed by atoms with E-state index in [0.717, 1.165) is 41.5 Å². The van der Waals surface area contributed by atoms with Crippen LogP contribution in [0.5, 0.6) is 0 Å². The Balaban J connectivity index is 1.47. The van der Waals surface area contributed by atoms with Crippen LogP contribution in [0, 0.1) is 0 Å². The molecule has 1 aliphatic rings. The molecule has 0 spiro atoms. The predicted molar refractivity (Wildman–Crippen MR) is 185 cm³/mol. The minimum Gasteiger partial charge on any atom is -0.346 e. The zero-order valence-corrected chi connectivity index (χ0v) is 27.9. The van der Waals surface area contributed by atoms with Gasteiger partial charge in [0.25, 0.3) is 5.91 Å². The van der Waals surface area contributed by atoms with Crippen molar-refractivity contribution in [3.05, 3.63) is 102 Å². The van der Waals surface area contributed by atoms with Crippen LogP contribution in [0.15, 0.2) is 85.1 Å². The average molecular weight is 588 g/mol. The number of nitrogens with zero attached hydrogens (tertiary/aromatic N) is 2. The molecular weight excluding hydrogens is 538 g/mol. The van der Waals surface area contributed by atoms with Crippen molar-refractivity contribution in [2.75, 3.05) is 14.1 Å². The predicted octanol–water partition coefficient (Wildman–Crippen LogP) is 9.28. The third kappa shape index (κ3) is 7.30. The molecule has 1 heterocycles. The lowest BCUT2D eigenvalue weighted by molar-refractivity contribution is 0.0878. The molecule has 4 heteroatoms. The fraction of sp³-hybridized carbons (Fsp3) is 0.400. The van der Waals surface area contributed by atoms with Gasteiger partial charge in [-0.2, -0.15) is 0 Å². The fourth-order valence-corrected chi connectivity index (χ4v) is 6.29. The molecule has 2 atom stereocenters. The third-order valence-corrected chi connectivity index (χ3v) is 9.14. The molecule has 0 saturated heterocycles. The lowest BCUT2D eigenvalue weighted by Gasteiger charge is -2.36. The van der Waals surface area contributed by atoms with E-state index in [9.17, 15) is 4.79 Å². The van der Waals surface area contributed by atoms with Crippen molar-refractivity contribution in [1.82, 2.24) is 15.2 Å². The van der Waals surface area contributed by atoms with Crippen molar-refractivity contribution >= 4 is 5.91 Å². The van der Waals surface area contributed by atoms with Gasteiger partial charge in [-0.1, -0.05) is 109 Å². The number of likely N-dealkylation sites (N-methyl/N-ethyl adjacent to an activating group) is 1. The summed E-state index contributed by atoms with van der Waals surface area (Å²) < 4.78 is 0. The van der Waals surface area contributed by atoms with Crippen molar-refractivity contribution in [2.24, 2.45) is 0 Å². The molecule has 1 saturated carbocycles. The number of rotatable bonds is 6. The quantitative estimate of drug-likeness (QED) is 0.245. The van der Waals surface area contributed by atoms with E-state index in [1.807, 2.05) is 18.3 Å². The van der Waals surface area contributed by atoms with Crippen LogP contribution >= 0.6 is 0 Å². The average Bonchev–Trinajstić information content (AvgIpc) is 3.00. The zero-order valence-electron chi connectivity index (χ0n) is 27.9. The normalized spacial score (nSPS) is 17.5. The summed E-state index contributed by atoms with van der Waals surface area (Å²) >= 11 is 0. The molecule has 0 aliphatic heterocycles. The summed E-state index contributed by atoms with van der Waals surface area (Å²) in [5.74, 6) is -0.0948. The number of aromatic nitrogens is 1. The second kappa shape index (κ2) is 12.7. The lowest BCUT2D eigenvalue weighted by atomic mass is 9.85. The molecule has 44 heavy (non-hydrogen) atoms. The Hall–Kier alpha value is -3.76. The second-order valence-electron chi connectivity index (χ2n) is 14.8. The third-order valence-electron chi connectivity index (χ3n) is 9.14. The number of carbonyl (C=O) groups is 1. The van der Waals surface area contributed by atoms with Gasteiger partial charge >= 0.3 is 0 Å². The van der Waals surface area contributed by atoms with Crippen molar-refractivity contribution in [1.29, 1.82) is 0 Å². The summed E-state index contributed by atoms with van der Waals surface area (Å²) in [6.45, 7) is 13.5. The molecule has 1 aromatic heterocycles. The summed E-state index contributed by atoms with van der Waals surface area (Å²) in [5.41, 5.74) is 10.1. The van der Waals surface area contributed by atoms with Crippen LogP contribution in [0.25, 0.3) is 33.4 Å². The van der Waals surface area contributed by atoms with Crippen LogP contribution < -0.4 is 5.32 Å². The minimum absolute atomic E-state index is 0.0948. The van der Waals surface area contributed by atoms with Crippen LogP contribution in [0.4, 0.5) is 0 Å². The van der Waals surface area contributed by atoms with E-state index in [2.05, 4.69) is 138 Å². The van der Waals surface area contributed by atoms with Crippen molar-refractivity contribution in [3.8, 4) is 33.4 Å². The highest BCUT2D eigenvalue weighted by atomic mass is 16.2. The molecule has 5 rings (SSSR count). The van der Waals surface area contributed by atoms with Gasteiger partial charge in [0.15, 0.2) is 0 Å². The number of pyridine rings is 1. The maximum Gasteiger partial charge on any atom is 0.270 e. The van der Waals surface area contributed by atoms with Gasteiger partial charge in [-0.15, -0.1) is 0 Å². The van der Waals surface area contributed by atoms with Crippen LogP contribution in [0.1, 0.15) is 88.8 Å². The number of amides is 1. The maximum atomic E-state index is 13.2. The molecule has 2 unspecified atom stereocenters. The fourth-order valence-electron chi connectivity index (χ4n) is 6.29. The van der Waals surface area contributed by atoms with Crippen molar-refractivity contribution < 1.29 is 4.79 Å². The Labute approximate surface area is 264 Å². The zero-order chi connectivity index (χ0) is 31.6. The van der Waals surface area contributed by atoms with Crippen LogP contribution in [-0.4, -0.2) is 42.0 Å². The highest BCUT2D eigenvalue weighted by molar-refractivity contribution is 5.93. The lowest BCUT2D eigenvalue weighted by Crippen LogP contribution is -2.51. The standard InChI is InChI=1S/C40H49N3O/c1-39(2,3)33-18-13-27(14-19-33)30-23-31(28-15-20-34(21-16-28)40(4,5)6)25-32(24-30)29-17-22-36(41-26-29)38(44)42-35-11-9-10-12-37(35)43(7)8/h13-26,35,37H,9-12H2,1-8H3,(H,42,44). The Morgan fingerprint density at radius 1 is 0.659 bits per heavy atom. The van der Waals surface area contributed by atoms with E-state index in [0.29, 0.717) is 11.7 Å². The van der Waals surface area contributed by atoms with Gasteiger partial charge in [-0.3, -0.25) is 9.78 Å². The van der Waals surface area contributed by atoms with Crippen molar-refractivity contribution in [3.63, 3.8) is 0 Å². The van der Waals surface area contributed by atoms with Crippen LogP contribution in [0.3, 0.4) is 0 Å². The topological polar surface area (TPSA) is 45.2 Å². The molecule has 1 aliphatic carbocycles. The first-order chi connectivity index (χ1) is 20.8. The highest BCUT2D eigenvalue weighted by Gasteiger charge is 2.28. The number of nitrogens with one attached hydrogen (secondary N) is 1. The Morgan fingerprint density at radius 2 is 1.11 bits per heavy atom. The summed E-state index contributed by atoms with van der Waals surface area (Å²) in [6, 6.07) is 29.0. The van der Waals surface area contributed by atoms with Gasteiger partial charge in [0, 0.05) is 23.8 Å². The van der Waals surface area contributed by atoms with E-state index in [1.54, 1.807) is 0 Å². The molecule has 0 bridgehead atoms. The summed E-state index contributed by atoms with van der Waals surface area (Å²) in [4.78, 5) is 20.1. The van der Waals surface area contributed by atoms with Gasteiger partial charge < -0.3 is 10.2 Å². The molecule has 0 radical (unpaired) electrons. The Bertz CT molecular complexity index is 1490. The monoisotopic (exact) mass is 587 g/mol. The summed E-state index contributed by atoms with van der Waals surface area (Å²) in [7, 11) is 4.20. The van der Waals surface area contributed by atoms with E-state index in [1.165, 1.54) is 28.7 Å². The summed E-state index contributed by atoms with van der Waals surface area (Å²) in [6.07, 6.45) is 6.33. The smallest absolute Gasteiger partial charge is 0.270 e. The largest absolute Gasteiger partial charge is 0.346 e. The molecular formula is C40H49N3O.